The fraction of sp³-hybridized carbons (Fsp3) is 0.556. The third-order valence-electron chi connectivity index (χ3n) is 2.27. The molecule has 1 aliphatic rings. The average molecular weight is 246 g/mol. The summed E-state index contributed by atoms with van der Waals surface area (Å²) >= 11 is 5.42. The molecule has 0 bridgehead atoms. The number of nitrogens with one attached hydrogen (secondary N) is 1. The van der Waals surface area contributed by atoms with Crippen LogP contribution < -0.4 is 5.32 Å². The van der Waals surface area contributed by atoms with Gasteiger partial charge in [-0.3, -0.25) is 0 Å². The van der Waals surface area contributed by atoms with Gasteiger partial charge in [-0.05, 0) is 46.8 Å². The minimum atomic E-state index is 0.605. The van der Waals surface area contributed by atoms with Crippen LogP contribution in [0.1, 0.15) is 30.2 Å². The zero-order valence-corrected chi connectivity index (χ0v) is 9.25. The van der Waals surface area contributed by atoms with Crippen molar-refractivity contribution in [1.82, 2.24) is 5.32 Å². The summed E-state index contributed by atoms with van der Waals surface area (Å²) in [5.74, 6) is 0. The van der Waals surface area contributed by atoms with Gasteiger partial charge in [0.2, 0.25) is 0 Å². The zero-order valence-electron chi connectivity index (χ0n) is 6.85. The molecule has 66 valence electrons. The normalized spacial score (nSPS) is 24.2. The molecule has 3 heteroatoms. The molecule has 0 amide bonds. The molecule has 2 heterocycles. The standard InChI is InChI=1S/C9H12BrNS/c10-7-4-6-12-9(7)8-3-1-2-5-11-8/h4,6,8,11H,1-3,5H2. The number of hydrogen-bond donors (Lipinski definition) is 1. The van der Waals surface area contributed by atoms with Crippen LogP contribution in [0.2, 0.25) is 0 Å². The van der Waals surface area contributed by atoms with Crippen molar-refractivity contribution in [3.63, 3.8) is 0 Å². The lowest BCUT2D eigenvalue weighted by molar-refractivity contribution is 0.416. The van der Waals surface area contributed by atoms with Crippen molar-refractivity contribution < 1.29 is 0 Å². The van der Waals surface area contributed by atoms with Gasteiger partial charge in [0.1, 0.15) is 0 Å². The molecule has 1 aliphatic heterocycles. The Kier molecular flexibility index (Phi) is 2.84. The van der Waals surface area contributed by atoms with Crippen LogP contribution in [0, 0.1) is 0 Å². The molecule has 1 nitrogen and oxygen atoms in total. The molecule has 0 radical (unpaired) electrons. The SMILES string of the molecule is Brc1ccsc1C1CCCCN1. The highest BCUT2D eigenvalue weighted by molar-refractivity contribution is 9.10. The van der Waals surface area contributed by atoms with E-state index in [1.165, 1.54) is 35.2 Å². The van der Waals surface area contributed by atoms with E-state index >= 15 is 0 Å². The van der Waals surface area contributed by atoms with Gasteiger partial charge in [-0.25, -0.2) is 0 Å². The highest BCUT2D eigenvalue weighted by Gasteiger charge is 2.17. The summed E-state index contributed by atoms with van der Waals surface area (Å²) in [4.78, 5) is 1.47. The molecule has 2 rings (SSSR count). The van der Waals surface area contributed by atoms with E-state index in [9.17, 15) is 0 Å². The van der Waals surface area contributed by atoms with E-state index in [4.69, 9.17) is 0 Å². The number of halogens is 1. The van der Waals surface area contributed by atoms with Gasteiger partial charge in [-0.1, -0.05) is 6.42 Å². The molecule has 12 heavy (non-hydrogen) atoms. The average Bonchev–Trinajstić information content (AvgIpc) is 2.53. The molecule has 0 aliphatic carbocycles. The third-order valence-corrected chi connectivity index (χ3v) is 4.26. The molecule has 1 unspecified atom stereocenters. The topological polar surface area (TPSA) is 12.0 Å². The van der Waals surface area contributed by atoms with Crippen LogP contribution in [0.4, 0.5) is 0 Å². The van der Waals surface area contributed by atoms with Gasteiger partial charge < -0.3 is 5.32 Å². The highest BCUT2D eigenvalue weighted by Crippen LogP contribution is 2.33. The minimum absolute atomic E-state index is 0.605. The molecule has 1 saturated heterocycles. The van der Waals surface area contributed by atoms with E-state index in [2.05, 4.69) is 32.7 Å². The van der Waals surface area contributed by atoms with Crippen LogP contribution in [0.25, 0.3) is 0 Å². The van der Waals surface area contributed by atoms with Crippen molar-refractivity contribution in [2.45, 2.75) is 25.3 Å². The lowest BCUT2D eigenvalue weighted by Gasteiger charge is -2.22. The second-order valence-corrected chi connectivity index (χ2v) is 4.94. The molecule has 1 aromatic heterocycles. The van der Waals surface area contributed by atoms with Crippen molar-refractivity contribution >= 4 is 27.3 Å². The summed E-state index contributed by atoms with van der Waals surface area (Å²) in [6.07, 6.45) is 3.99. The van der Waals surface area contributed by atoms with Crippen molar-refractivity contribution in [2.75, 3.05) is 6.54 Å². The monoisotopic (exact) mass is 245 g/mol. The van der Waals surface area contributed by atoms with Crippen molar-refractivity contribution in [3.05, 3.63) is 20.8 Å². The van der Waals surface area contributed by atoms with Crippen LogP contribution in [0.3, 0.4) is 0 Å². The minimum Gasteiger partial charge on any atom is -0.309 e. The number of rotatable bonds is 1. The Hall–Kier alpha value is 0.140. The second-order valence-electron chi connectivity index (χ2n) is 3.14. The molecule has 0 aromatic carbocycles. The largest absolute Gasteiger partial charge is 0.309 e. The summed E-state index contributed by atoms with van der Waals surface area (Å²) in [5, 5.41) is 5.69. The van der Waals surface area contributed by atoms with Crippen molar-refractivity contribution in [1.29, 1.82) is 0 Å². The van der Waals surface area contributed by atoms with Gasteiger partial charge >= 0.3 is 0 Å². The maximum absolute atomic E-state index is 3.57. The van der Waals surface area contributed by atoms with E-state index in [0.717, 1.165) is 0 Å². The summed E-state index contributed by atoms with van der Waals surface area (Å²) in [6, 6.07) is 2.74. The van der Waals surface area contributed by atoms with E-state index in [-0.39, 0.29) is 0 Å². The fourth-order valence-electron chi connectivity index (χ4n) is 1.63. The van der Waals surface area contributed by atoms with E-state index < -0.39 is 0 Å². The summed E-state index contributed by atoms with van der Waals surface area (Å²) in [6.45, 7) is 1.18. The zero-order chi connectivity index (χ0) is 8.39. The van der Waals surface area contributed by atoms with Gasteiger partial charge in [0.25, 0.3) is 0 Å². The van der Waals surface area contributed by atoms with Crippen molar-refractivity contribution in [3.8, 4) is 0 Å². The van der Waals surface area contributed by atoms with Gasteiger partial charge in [0.05, 0.1) is 0 Å². The Morgan fingerprint density at radius 2 is 2.42 bits per heavy atom. The lowest BCUT2D eigenvalue weighted by Crippen LogP contribution is -2.26. The molecule has 0 spiro atoms. The molecule has 1 fully saturated rings. The fourth-order valence-corrected chi connectivity index (χ4v) is 3.39. The van der Waals surface area contributed by atoms with Crippen LogP contribution in [-0.2, 0) is 0 Å². The summed E-state index contributed by atoms with van der Waals surface area (Å²) in [7, 11) is 0. The Morgan fingerprint density at radius 3 is 3.00 bits per heavy atom. The van der Waals surface area contributed by atoms with Gasteiger partial charge in [0.15, 0.2) is 0 Å². The van der Waals surface area contributed by atoms with Gasteiger partial charge in [-0.15, -0.1) is 11.3 Å². The lowest BCUT2D eigenvalue weighted by atomic mass is 10.0. The first-order valence-electron chi connectivity index (χ1n) is 4.34. The molecule has 0 saturated carbocycles. The maximum atomic E-state index is 3.57. The quantitative estimate of drug-likeness (QED) is 0.801. The number of piperidine rings is 1. The first kappa shape index (κ1) is 8.73. The molecular weight excluding hydrogens is 234 g/mol. The first-order valence-corrected chi connectivity index (χ1v) is 6.01. The van der Waals surface area contributed by atoms with Crippen LogP contribution in [0.15, 0.2) is 15.9 Å². The Labute approximate surface area is 85.3 Å². The van der Waals surface area contributed by atoms with Crippen molar-refractivity contribution in [2.24, 2.45) is 0 Å². The predicted octanol–water partition coefficient (Wildman–Crippen LogP) is 3.33. The maximum Gasteiger partial charge on any atom is 0.0426 e. The van der Waals surface area contributed by atoms with E-state index in [1.54, 1.807) is 0 Å². The predicted molar refractivity (Wildman–Crippen MR) is 56.6 cm³/mol. The van der Waals surface area contributed by atoms with Gasteiger partial charge in [-0.2, -0.15) is 0 Å². The second kappa shape index (κ2) is 3.90. The summed E-state index contributed by atoms with van der Waals surface area (Å²) in [5.41, 5.74) is 0. The third kappa shape index (κ3) is 1.73. The van der Waals surface area contributed by atoms with E-state index in [1.807, 2.05) is 11.3 Å². The van der Waals surface area contributed by atoms with Crippen LogP contribution in [0.5, 0.6) is 0 Å². The number of thiophene rings is 1. The highest BCUT2D eigenvalue weighted by atomic mass is 79.9. The van der Waals surface area contributed by atoms with Crippen LogP contribution >= 0.6 is 27.3 Å². The molecule has 1 N–H and O–H groups in total. The smallest absolute Gasteiger partial charge is 0.0426 e. The van der Waals surface area contributed by atoms with Crippen LogP contribution in [-0.4, -0.2) is 6.54 Å². The Balaban J connectivity index is 2.13. The molecule has 1 atom stereocenters. The number of hydrogen-bond acceptors (Lipinski definition) is 2. The Bertz CT molecular complexity index is 253. The van der Waals surface area contributed by atoms with Gasteiger partial charge in [0, 0.05) is 15.4 Å². The molecular formula is C9H12BrNS. The summed E-state index contributed by atoms with van der Waals surface area (Å²) < 4.78 is 1.27. The molecule has 1 aromatic rings. The van der Waals surface area contributed by atoms with E-state index in [0.29, 0.717) is 6.04 Å². The first-order chi connectivity index (χ1) is 5.88. The Morgan fingerprint density at radius 1 is 1.50 bits per heavy atom.